The van der Waals surface area contributed by atoms with Gasteiger partial charge in [-0.1, -0.05) is 19.9 Å². The van der Waals surface area contributed by atoms with E-state index in [9.17, 15) is 27.6 Å². The van der Waals surface area contributed by atoms with Crippen LogP contribution in [0.1, 0.15) is 47.4 Å². The van der Waals surface area contributed by atoms with E-state index >= 15 is 0 Å². The highest BCUT2D eigenvalue weighted by molar-refractivity contribution is 7.90. The van der Waals surface area contributed by atoms with Gasteiger partial charge in [-0.25, -0.2) is 8.42 Å². The molecule has 214 valence electrons. The van der Waals surface area contributed by atoms with E-state index in [0.29, 0.717) is 18.4 Å². The predicted octanol–water partition coefficient (Wildman–Crippen LogP) is 2.00. The molecule has 0 spiro atoms. The Hall–Kier alpha value is -3.73. The average molecular weight is 569 g/mol. The zero-order valence-electron chi connectivity index (χ0n) is 23.5. The van der Waals surface area contributed by atoms with E-state index in [2.05, 4.69) is 5.32 Å². The molecule has 0 radical (unpaired) electrons. The first-order valence-electron chi connectivity index (χ1n) is 13.3. The number of hydrogen-bond donors (Lipinski definition) is 1. The Kier molecular flexibility index (Phi) is 8.34. The van der Waals surface area contributed by atoms with E-state index in [4.69, 9.17) is 0 Å². The summed E-state index contributed by atoms with van der Waals surface area (Å²) in [5, 5.41) is 2.87. The number of sulfone groups is 1. The highest BCUT2D eigenvalue weighted by Crippen LogP contribution is 2.32. The summed E-state index contributed by atoms with van der Waals surface area (Å²) < 4.78 is 24.0. The van der Waals surface area contributed by atoms with Crippen molar-refractivity contribution in [2.75, 3.05) is 38.3 Å². The van der Waals surface area contributed by atoms with Crippen LogP contribution in [0.3, 0.4) is 0 Å². The number of amides is 3. The Bertz CT molecular complexity index is 1420. The van der Waals surface area contributed by atoms with Gasteiger partial charge in [-0.05, 0) is 61.2 Å². The Labute approximate surface area is 235 Å². The van der Waals surface area contributed by atoms with Gasteiger partial charge in [0.15, 0.2) is 15.6 Å². The molecule has 10 nitrogen and oxygen atoms in total. The van der Waals surface area contributed by atoms with E-state index in [1.165, 1.54) is 34.1 Å². The smallest absolute Gasteiger partial charge is 0.254 e. The molecule has 2 saturated heterocycles. The van der Waals surface area contributed by atoms with Crippen molar-refractivity contribution in [1.29, 1.82) is 0 Å². The molecule has 2 aliphatic heterocycles. The third-order valence-corrected chi connectivity index (χ3v) is 8.54. The van der Waals surface area contributed by atoms with E-state index in [0.717, 1.165) is 11.9 Å². The van der Waals surface area contributed by atoms with Crippen molar-refractivity contribution in [3.05, 3.63) is 59.7 Å². The molecule has 0 bridgehead atoms. The topological polar surface area (TPSA) is 124 Å². The van der Waals surface area contributed by atoms with E-state index in [-0.39, 0.29) is 47.1 Å². The minimum atomic E-state index is -3.51. The number of nitrogens with one attached hydrogen (secondary N) is 1. The van der Waals surface area contributed by atoms with Gasteiger partial charge in [0.1, 0.15) is 12.1 Å². The maximum Gasteiger partial charge on any atom is 0.254 e. The highest BCUT2D eigenvalue weighted by atomic mass is 32.2. The van der Waals surface area contributed by atoms with Crippen LogP contribution in [0.15, 0.2) is 53.4 Å². The number of anilines is 1. The average Bonchev–Trinajstić information content (AvgIpc) is 3.48. The van der Waals surface area contributed by atoms with Gasteiger partial charge in [0.05, 0.1) is 17.5 Å². The lowest BCUT2D eigenvalue weighted by molar-refractivity contribution is -0.138. The molecule has 2 fully saturated rings. The Balaban J connectivity index is 1.52. The van der Waals surface area contributed by atoms with Gasteiger partial charge >= 0.3 is 0 Å². The largest absolute Gasteiger partial charge is 0.378 e. The molecule has 3 atom stereocenters. The monoisotopic (exact) mass is 568 g/mol. The number of benzene rings is 2. The van der Waals surface area contributed by atoms with Crippen LogP contribution in [0.2, 0.25) is 0 Å². The minimum absolute atomic E-state index is 0.0206. The van der Waals surface area contributed by atoms with Crippen LogP contribution in [0.5, 0.6) is 0 Å². The van der Waals surface area contributed by atoms with Gasteiger partial charge in [-0.3, -0.25) is 19.2 Å². The van der Waals surface area contributed by atoms with Crippen LogP contribution in [0.4, 0.5) is 5.69 Å². The summed E-state index contributed by atoms with van der Waals surface area (Å²) in [6, 6.07) is 10.7. The number of carbonyl (C=O) groups is 4. The molecule has 2 aromatic rings. The zero-order valence-corrected chi connectivity index (χ0v) is 24.3. The van der Waals surface area contributed by atoms with Crippen molar-refractivity contribution in [2.24, 2.45) is 5.92 Å². The fourth-order valence-electron chi connectivity index (χ4n) is 5.41. The van der Waals surface area contributed by atoms with Crippen molar-refractivity contribution >= 4 is 39.0 Å². The molecule has 2 aliphatic rings. The lowest BCUT2D eigenvalue weighted by Gasteiger charge is -2.29. The van der Waals surface area contributed by atoms with E-state index in [1.807, 2.05) is 45.0 Å². The minimum Gasteiger partial charge on any atom is -0.378 e. The first-order valence-corrected chi connectivity index (χ1v) is 15.2. The number of hydrogen-bond acceptors (Lipinski definition) is 7. The molecule has 2 unspecified atom stereocenters. The second kappa shape index (κ2) is 11.4. The molecule has 0 aliphatic carbocycles. The van der Waals surface area contributed by atoms with Crippen LogP contribution >= 0.6 is 0 Å². The van der Waals surface area contributed by atoms with Crippen LogP contribution in [0.25, 0.3) is 0 Å². The third kappa shape index (κ3) is 6.04. The number of Topliss-reactive ketones (excluding diaryl/α,β-unsaturated/α-hetero) is 1. The number of carbonyl (C=O) groups excluding carboxylic acids is 4. The van der Waals surface area contributed by atoms with Crippen molar-refractivity contribution in [1.82, 2.24) is 15.1 Å². The second-order valence-corrected chi connectivity index (χ2v) is 13.1. The molecular weight excluding hydrogens is 532 g/mol. The van der Waals surface area contributed by atoms with Crippen molar-refractivity contribution in [3.63, 3.8) is 0 Å². The molecule has 2 heterocycles. The van der Waals surface area contributed by atoms with Crippen LogP contribution in [-0.2, 0) is 19.4 Å². The maximum atomic E-state index is 13.8. The molecule has 4 rings (SSSR count). The number of fused-ring (bicyclic) bond motifs is 1. The highest BCUT2D eigenvalue weighted by Gasteiger charge is 2.52. The maximum absolute atomic E-state index is 13.8. The van der Waals surface area contributed by atoms with Crippen LogP contribution < -0.4 is 10.2 Å². The van der Waals surface area contributed by atoms with Gasteiger partial charge in [0.25, 0.3) is 11.8 Å². The van der Waals surface area contributed by atoms with Gasteiger partial charge in [-0.15, -0.1) is 0 Å². The SMILES string of the molecule is CC(C)C[C@H](NC(=O)c1ccc(N(C)C)cc1)C(=O)N1CCC2C1C(=O)CN2C(=O)c1cccc(S(C)(=O)=O)c1. The van der Waals surface area contributed by atoms with Crippen molar-refractivity contribution in [3.8, 4) is 0 Å². The molecule has 11 heteroatoms. The molecule has 40 heavy (non-hydrogen) atoms. The van der Waals surface area contributed by atoms with Gasteiger partial charge in [-0.2, -0.15) is 0 Å². The van der Waals surface area contributed by atoms with Crippen LogP contribution in [0, 0.1) is 5.92 Å². The third-order valence-electron chi connectivity index (χ3n) is 7.43. The number of nitrogens with zero attached hydrogens (tertiary/aromatic N) is 3. The van der Waals surface area contributed by atoms with Gasteiger partial charge in [0.2, 0.25) is 5.91 Å². The van der Waals surface area contributed by atoms with Crippen molar-refractivity contribution in [2.45, 2.75) is 49.7 Å². The summed E-state index contributed by atoms with van der Waals surface area (Å²) in [6.45, 7) is 4.02. The number of rotatable bonds is 8. The summed E-state index contributed by atoms with van der Waals surface area (Å²) in [4.78, 5) is 58.2. The van der Waals surface area contributed by atoms with Gasteiger partial charge in [0, 0.05) is 43.7 Å². The first-order chi connectivity index (χ1) is 18.8. The molecule has 0 saturated carbocycles. The Morgan fingerprint density at radius 2 is 1.70 bits per heavy atom. The summed E-state index contributed by atoms with van der Waals surface area (Å²) in [7, 11) is 0.295. The fraction of sp³-hybridized carbons (Fsp3) is 0.448. The summed E-state index contributed by atoms with van der Waals surface area (Å²) >= 11 is 0. The van der Waals surface area contributed by atoms with Crippen molar-refractivity contribution < 1.29 is 27.6 Å². The molecule has 0 aromatic heterocycles. The summed E-state index contributed by atoms with van der Waals surface area (Å²) in [6.07, 6.45) is 1.87. The first kappa shape index (κ1) is 29.3. The number of ketones is 1. The molecule has 2 aromatic carbocycles. The van der Waals surface area contributed by atoms with Gasteiger partial charge < -0.3 is 20.0 Å². The lowest BCUT2D eigenvalue weighted by atomic mass is 10.0. The summed E-state index contributed by atoms with van der Waals surface area (Å²) in [5.74, 6) is -1.32. The predicted molar refractivity (Wildman–Crippen MR) is 151 cm³/mol. The zero-order chi connectivity index (χ0) is 29.4. The quantitative estimate of drug-likeness (QED) is 0.517. The Morgan fingerprint density at radius 3 is 2.30 bits per heavy atom. The second-order valence-electron chi connectivity index (χ2n) is 11.1. The standard InChI is InChI=1S/C29H36N4O6S/c1-18(2)15-23(30-27(35)19-9-11-21(12-10-19)31(3)4)29(37)32-14-13-24-26(32)25(34)17-33(24)28(36)20-7-6-8-22(16-20)40(5,38)39/h6-12,16,18,23-24,26H,13-15,17H2,1-5H3,(H,30,35)/t23-,24?,26?/m0/s1. The molecule has 3 amide bonds. The van der Waals surface area contributed by atoms with E-state index in [1.54, 1.807) is 12.1 Å². The Morgan fingerprint density at radius 1 is 1.02 bits per heavy atom. The normalized spacial score (nSPS) is 19.5. The molecule has 1 N–H and O–H groups in total. The van der Waals surface area contributed by atoms with E-state index < -0.39 is 33.9 Å². The lowest BCUT2D eigenvalue weighted by Crippen LogP contribution is -2.53. The number of likely N-dealkylation sites (tertiary alicyclic amines) is 2. The fourth-order valence-corrected chi connectivity index (χ4v) is 6.08. The van der Waals surface area contributed by atoms with Crippen LogP contribution in [-0.4, -0.2) is 93.3 Å². The molecular formula is C29H36N4O6S. The summed E-state index contributed by atoms with van der Waals surface area (Å²) in [5.41, 5.74) is 1.54.